The zero-order valence-electron chi connectivity index (χ0n) is 19.8. The van der Waals surface area contributed by atoms with Gasteiger partial charge in [0.15, 0.2) is 0 Å². The van der Waals surface area contributed by atoms with E-state index < -0.39 is 27.2 Å². The Balaban J connectivity index is 1.61. The lowest BCUT2D eigenvalue weighted by molar-refractivity contribution is -0.137. The summed E-state index contributed by atoms with van der Waals surface area (Å²) in [5.74, 6) is 0.263. The van der Waals surface area contributed by atoms with Crippen molar-refractivity contribution < 1.29 is 26.3 Å². The maximum atomic E-state index is 13.7. The lowest BCUT2D eigenvalue weighted by Crippen LogP contribution is -2.32. The van der Waals surface area contributed by atoms with E-state index in [4.69, 9.17) is 4.74 Å². The molecule has 0 aliphatic carbocycles. The van der Waals surface area contributed by atoms with E-state index in [2.05, 4.69) is 19.7 Å². The third-order valence-corrected chi connectivity index (χ3v) is 8.45. The number of nitrogens with zero attached hydrogens (tertiary/aromatic N) is 3. The summed E-state index contributed by atoms with van der Waals surface area (Å²) in [7, 11) is -4.01. The summed E-state index contributed by atoms with van der Waals surface area (Å²) in [6.07, 6.45) is 0.334. The van der Waals surface area contributed by atoms with Gasteiger partial charge in [0.2, 0.25) is 5.95 Å². The van der Waals surface area contributed by atoms with Crippen molar-refractivity contribution in [1.29, 1.82) is 0 Å². The molecule has 7 nitrogen and oxygen atoms in total. The molecule has 2 aromatic heterocycles. The zero-order chi connectivity index (χ0) is 27.1. The number of fused-ring (bicyclic) bond motifs is 1. The molecule has 0 amide bonds. The van der Waals surface area contributed by atoms with E-state index >= 15 is 0 Å². The van der Waals surface area contributed by atoms with Crippen LogP contribution in [0.25, 0.3) is 11.1 Å². The second-order valence-electron chi connectivity index (χ2n) is 8.89. The van der Waals surface area contributed by atoms with Crippen LogP contribution in [0.2, 0.25) is 0 Å². The van der Waals surface area contributed by atoms with Crippen molar-refractivity contribution in [1.82, 2.24) is 15.0 Å². The molecule has 0 spiro atoms. The Hall–Kier alpha value is -3.26. The minimum absolute atomic E-state index is 0.0533. The number of hydrogen-bond donors (Lipinski definition) is 1. The number of sulfonamides is 1. The Morgan fingerprint density at radius 1 is 1.00 bits per heavy atom. The van der Waals surface area contributed by atoms with Crippen LogP contribution in [0, 0.1) is 3.70 Å². The fourth-order valence-corrected chi connectivity index (χ4v) is 5.82. The SMILES string of the molecule is C[C@@]1(c2ccc(C(F)(F)F)cc2-c2ccc(I)nc2)CCOc2cc(S(=O)(=O)Nc3ncccn3)ccc21. The molecule has 1 atom stereocenters. The van der Waals surface area contributed by atoms with Gasteiger partial charge in [0.05, 0.1) is 17.1 Å². The molecular weight excluding hydrogens is 632 g/mol. The number of ether oxygens (including phenoxy) is 1. The van der Waals surface area contributed by atoms with E-state index in [0.717, 1.165) is 12.1 Å². The van der Waals surface area contributed by atoms with Gasteiger partial charge in [0.25, 0.3) is 10.0 Å². The van der Waals surface area contributed by atoms with Crippen molar-refractivity contribution in [3.8, 4) is 16.9 Å². The number of anilines is 1. The fourth-order valence-electron chi connectivity index (χ4n) is 4.53. The predicted molar refractivity (Wildman–Crippen MR) is 143 cm³/mol. The second-order valence-corrected chi connectivity index (χ2v) is 11.7. The van der Waals surface area contributed by atoms with Gasteiger partial charge in [0.1, 0.15) is 9.45 Å². The first-order valence-electron chi connectivity index (χ1n) is 11.4. The summed E-state index contributed by atoms with van der Waals surface area (Å²) in [5.41, 5.74) is 0.739. The van der Waals surface area contributed by atoms with Crippen LogP contribution in [-0.2, 0) is 21.6 Å². The first-order valence-corrected chi connectivity index (χ1v) is 13.9. The lowest BCUT2D eigenvalue weighted by Gasteiger charge is -2.38. The molecule has 1 aliphatic heterocycles. The molecule has 1 aliphatic rings. The number of alkyl halides is 3. The number of benzene rings is 2. The molecule has 196 valence electrons. The number of rotatable bonds is 5. The van der Waals surface area contributed by atoms with Crippen molar-refractivity contribution >= 4 is 38.6 Å². The third kappa shape index (κ3) is 5.06. The van der Waals surface area contributed by atoms with Gasteiger partial charge in [-0.3, -0.25) is 0 Å². The maximum absolute atomic E-state index is 13.7. The molecule has 0 unspecified atom stereocenters. The first kappa shape index (κ1) is 26.4. The van der Waals surface area contributed by atoms with Gasteiger partial charge in [-0.15, -0.1) is 0 Å². The molecular formula is C26H20F3IN4O3S. The monoisotopic (exact) mass is 652 g/mol. The molecule has 5 rings (SSSR count). The smallest absolute Gasteiger partial charge is 0.416 e. The van der Waals surface area contributed by atoms with Gasteiger partial charge in [-0.25, -0.2) is 28.1 Å². The average molecular weight is 652 g/mol. The molecule has 0 bridgehead atoms. The number of nitrogens with one attached hydrogen (secondary N) is 1. The van der Waals surface area contributed by atoms with Crippen LogP contribution >= 0.6 is 22.6 Å². The second kappa shape index (κ2) is 9.80. The van der Waals surface area contributed by atoms with E-state index in [0.29, 0.717) is 38.1 Å². The van der Waals surface area contributed by atoms with Crippen molar-refractivity contribution in [3.05, 3.63) is 93.6 Å². The summed E-state index contributed by atoms with van der Waals surface area (Å²) >= 11 is 2.04. The molecule has 0 radical (unpaired) electrons. The van der Waals surface area contributed by atoms with E-state index in [9.17, 15) is 21.6 Å². The van der Waals surface area contributed by atoms with Crippen LogP contribution < -0.4 is 9.46 Å². The number of hydrogen-bond acceptors (Lipinski definition) is 6. The predicted octanol–water partition coefficient (Wildman–Crippen LogP) is 6.05. The summed E-state index contributed by atoms with van der Waals surface area (Å²) < 4.78 is 75.8. The summed E-state index contributed by atoms with van der Waals surface area (Å²) in [6.45, 7) is 2.17. The van der Waals surface area contributed by atoms with Crippen molar-refractivity contribution in [2.24, 2.45) is 0 Å². The van der Waals surface area contributed by atoms with Crippen LogP contribution in [0.15, 0.2) is 78.1 Å². The highest BCUT2D eigenvalue weighted by molar-refractivity contribution is 14.1. The molecule has 0 saturated heterocycles. The highest BCUT2D eigenvalue weighted by Crippen LogP contribution is 2.48. The van der Waals surface area contributed by atoms with Crippen LogP contribution in [0.1, 0.15) is 30.0 Å². The Morgan fingerprint density at radius 2 is 1.74 bits per heavy atom. The van der Waals surface area contributed by atoms with Gasteiger partial charge in [-0.2, -0.15) is 13.2 Å². The fraction of sp³-hybridized carbons (Fsp3) is 0.192. The van der Waals surface area contributed by atoms with Crippen molar-refractivity contribution in [3.63, 3.8) is 0 Å². The molecule has 2 aromatic carbocycles. The Labute approximate surface area is 230 Å². The maximum Gasteiger partial charge on any atom is 0.416 e. The Bertz CT molecular complexity index is 1600. The van der Waals surface area contributed by atoms with E-state index in [1.165, 1.54) is 30.6 Å². The van der Waals surface area contributed by atoms with Gasteiger partial charge < -0.3 is 4.74 Å². The minimum Gasteiger partial charge on any atom is -0.493 e. The molecule has 38 heavy (non-hydrogen) atoms. The lowest BCUT2D eigenvalue weighted by atomic mass is 9.70. The zero-order valence-corrected chi connectivity index (χ0v) is 22.8. The van der Waals surface area contributed by atoms with E-state index in [-0.39, 0.29) is 17.5 Å². The van der Waals surface area contributed by atoms with Crippen LogP contribution in [0.4, 0.5) is 19.1 Å². The molecule has 3 heterocycles. The van der Waals surface area contributed by atoms with Crippen molar-refractivity contribution in [2.45, 2.75) is 29.8 Å². The topological polar surface area (TPSA) is 94.1 Å². The third-order valence-electron chi connectivity index (χ3n) is 6.49. The Kier molecular flexibility index (Phi) is 6.80. The Morgan fingerprint density at radius 3 is 2.42 bits per heavy atom. The highest BCUT2D eigenvalue weighted by Gasteiger charge is 2.39. The molecule has 0 saturated carbocycles. The standard InChI is InChI=1S/C26H20F3IN4O3S/c1-25(20-6-4-17(26(27,28)29)13-19(20)16-3-8-23(30)33-15-16)9-12-37-22-14-18(5-7-21(22)25)38(35,36)34-24-31-10-2-11-32-24/h2-8,10-11,13-15H,9,12H2,1H3,(H,31,32,34)/t25-/m0/s1. The highest BCUT2D eigenvalue weighted by atomic mass is 127. The first-order chi connectivity index (χ1) is 18.0. The quantitative estimate of drug-likeness (QED) is 0.209. The molecule has 12 heteroatoms. The molecule has 0 fully saturated rings. The van der Waals surface area contributed by atoms with E-state index in [1.807, 2.05) is 29.5 Å². The summed E-state index contributed by atoms with van der Waals surface area (Å²) in [6, 6.07) is 13.2. The summed E-state index contributed by atoms with van der Waals surface area (Å²) in [5, 5.41) is 0. The van der Waals surface area contributed by atoms with Gasteiger partial charge in [0, 0.05) is 41.2 Å². The molecule has 1 N–H and O–H groups in total. The van der Waals surface area contributed by atoms with Gasteiger partial charge >= 0.3 is 6.18 Å². The van der Waals surface area contributed by atoms with Crippen molar-refractivity contribution in [2.75, 3.05) is 11.3 Å². The number of halogens is 4. The van der Waals surface area contributed by atoms with Crippen LogP contribution in [0.5, 0.6) is 5.75 Å². The van der Waals surface area contributed by atoms with Crippen LogP contribution in [-0.4, -0.2) is 30.0 Å². The number of aromatic nitrogens is 3. The largest absolute Gasteiger partial charge is 0.493 e. The van der Waals surface area contributed by atoms with Crippen LogP contribution in [0.3, 0.4) is 0 Å². The normalized spacial score (nSPS) is 17.4. The molecule has 4 aromatic rings. The minimum atomic E-state index is -4.52. The summed E-state index contributed by atoms with van der Waals surface area (Å²) in [4.78, 5) is 12.0. The number of pyridine rings is 1. The van der Waals surface area contributed by atoms with E-state index in [1.54, 1.807) is 30.5 Å². The average Bonchev–Trinajstić information content (AvgIpc) is 2.88. The van der Waals surface area contributed by atoms with Gasteiger partial charge in [-0.05, 0) is 70.5 Å². The van der Waals surface area contributed by atoms with Gasteiger partial charge in [-0.1, -0.05) is 25.1 Å².